The van der Waals surface area contributed by atoms with Crippen LogP contribution < -0.4 is 10.2 Å². The molecule has 13 heteroatoms. The summed E-state index contributed by atoms with van der Waals surface area (Å²) < 4.78 is 19.9. The first-order chi connectivity index (χ1) is 22.4. The zero-order chi connectivity index (χ0) is 32.0. The second kappa shape index (κ2) is 14.3. The number of benzene rings is 3. The van der Waals surface area contributed by atoms with Crippen molar-refractivity contribution in [3.05, 3.63) is 107 Å². The van der Waals surface area contributed by atoms with Crippen LogP contribution in [-0.4, -0.2) is 55.7 Å². The van der Waals surface area contributed by atoms with Gasteiger partial charge in [-0.1, -0.05) is 78.5 Å². The van der Waals surface area contributed by atoms with Gasteiger partial charge >= 0.3 is 6.09 Å². The van der Waals surface area contributed by atoms with Gasteiger partial charge in [-0.15, -0.1) is 10.2 Å². The standard InChI is InChI=1S/C33H33N5O7S/c1-37-20-34-36-32(37)46-19-26-15-28(23-9-7-21(17-39)8-10-23)45-31(44-26)24-11-13-25(14-12-24)38-29(40)16-27(30(38)41)35-33(42)43-18-22-5-3-2-4-6-22/h2-14,20,26-28,31,39H,15-19H2,1H3,(H,35,42)/t26-,27?,28+,31+/m1/s1. The molecule has 1 unspecified atom stereocenters. The molecule has 2 aliphatic heterocycles. The summed E-state index contributed by atoms with van der Waals surface area (Å²) in [5.41, 5.74) is 3.67. The van der Waals surface area contributed by atoms with Crippen LogP contribution in [-0.2, 0) is 44.1 Å². The van der Waals surface area contributed by atoms with Crippen molar-refractivity contribution in [1.82, 2.24) is 20.1 Å². The van der Waals surface area contributed by atoms with E-state index >= 15 is 0 Å². The van der Waals surface area contributed by atoms with Crippen molar-refractivity contribution in [1.29, 1.82) is 0 Å². The number of aromatic nitrogens is 3. The first-order valence-corrected chi connectivity index (χ1v) is 15.8. The zero-order valence-corrected chi connectivity index (χ0v) is 25.8. The minimum Gasteiger partial charge on any atom is -0.445 e. The van der Waals surface area contributed by atoms with E-state index in [2.05, 4.69) is 15.5 Å². The average Bonchev–Trinajstić information content (AvgIpc) is 3.63. The molecule has 0 aliphatic carbocycles. The molecule has 3 amide bonds. The molecule has 2 saturated heterocycles. The maximum Gasteiger partial charge on any atom is 0.408 e. The summed E-state index contributed by atoms with van der Waals surface area (Å²) in [6, 6.07) is 22.6. The molecule has 0 saturated carbocycles. The Labute approximate surface area is 269 Å². The lowest BCUT2D eigenvalue weighted by Gasteiger charge is -2.36. The van der Waals surface area contributed by atoms with Crippen LogP contribution in [0.4, 0.5) is 10.5 Å². The molecule has 3 heterocycles. The summed E-state index contributed by atoms with van der Waals surface area (Å²) >= 11 is 1.54. The highest BCUT2D eigenvalue weighted by molar-refractivity contribution is 7.99. The fourth-order valence-corrected chi connectivity index (χ4v) is 6.20. The first kappa shape index (κ1) is 31.4. The Bertz CT molecular complexity index is 1670. The van der Waals surface area contributed by atoms with Crippen LogP contribution in [0, 0.1) is 0 Å². The number of amides is 3. The fourth-order valence-electron chi connectivity index (χ4n) is 5.30. The third-order valence-electron chi connectivity index (χ3n) is 7.76. The van der Waals surface area contributed by atoms with Gasteiger partial charge in [0, 0.05) is 24.8 Å². The van der Waals surface area contributed by atoms with Crippen molar-refractivity contribution in [3.8, 4) is 0 Å². The van der Waals surface area contributed by atoms with Gasteiger partial charge in [-0.2, -0.15) is 0 Å². The van der Waals surface area contributed by atoms with Crippen LogP contribution in [0.1, 0.15) is 47.5 Å². The molecule has 6 rings (SSSR count). The fraction of sp³-hybridized carbons (Fsp3) is 0.303. The van der Waals surface area contributed by atoms with Crippen molar-refractivity contribution >= 4 is 35.4 Å². The summed E-state index contributed by atoms with van der Waals surface area (Å²) in [7, 11) is 1.88. The molecule has 4 atom stereocenters. The highest BCUT2D eigenvalue weighted by atomic mass is 32.2. The molecule has 4 aromatic rings. The van der Waals surface area contributed by atoms with Crippen LogP contribution >= 0.6 is 11.8 Å². The maximum atomic E-state index is 13.2. The Kier molecular flexibility index (Phi) is 9.73. The second-order valence-corrected chi connectivity index (χ2v) is 12.0. The molecule has 0 spiro atoms. The number of aliphatic hydroxyl groups is 1. The smallest absolute Gasteiger partial charge is 0.408 e. The lowest BCUT2D eigenvalue weighted by atomic mass is 10.0. The van der Waals surface area contributed by atoms with Gasteiger partial charge in [0.2, 0.25) is 5.91 Å². The molecule has 2 aliphatic rings. The van der Waals surface area contributed by atoms with Gasteiger partial charge in [-0.05, 0) is 28.8 Å². The van der Waals surface area contributed by atoms with E-state index in [-0.39, 0.29) is 31.8 Å². The molecular weight excluding hydrogens is 610 g/mol. The summed E-state index contributed by atoms with van der Waals surface area (Å²) in [6.07, 6.45) is 0.146. The number of aliphatic hydroxyl groups excluding tert-OH is 1. The van der Waals surface area contributed by atoms with Gasteiger partial charge in [0.25, 0.3) is 5.91 Å². The van der Waals surface area contributed by atoms with E-state index in [4.69, 9.17) is 14.2 Å². The summed E-state index contributed by atoms with van der Waals surface area (Å²) in [5, 5.41) is 20.8. The number of carbonyl (C=O) groups excluding carboxylic acids is 3. The van der Waals surface area contributed by atoms with E-state index in [0.29, 0.717) is 23.4 Å². The van der Waals surface area contributed by atoms with E-state index < -0.39 is 30.2 Å². The topological polar surface area (TPSA) is 145 Å². The van der Waals surface area contributed by atoms with Crippen molar-refractivity contribution in [2.24, 2.45) is 7.05 Å². The minimum absolute atomic E-state index is 0.0436. The van der Waals surface area contributed by atoms with Gasteiger partial charge in [0.1, 0.15) is 19.0 Å². The number of nitrogens with zero attached hydrogens (tertiary/aromatic N) is 4. The normalized spacial score (nSPS) is 21.4. The van der Waals surface area contributed by atoms with Crippen LogP contribution in [0.5, 0.6) is 0 Å². The largest absolute Gasteiger partial charge is 0.445 e. The van der Waals surface area contributed by atoms with Crippen molar-refractivity contribution in [2.45, 2.75) is 55.8 Å². The highest BCUT2D eigenvalue weighted by Gasteiger charge is 2.41. The first-order valence-electron chi connectivity index (χ1n) is 14.8. The van der Waals surface area contributed by atoms with E-state index in [1.54, 1.807) is 42.4 Å². The number of nitrogens with one attached hydrogen (secondary N) is 1. The number of thioether (sulfide) groups is 1. The van der Waals surface area contributed by atoms with Crippen molar-refractivity contribution in [3.63, 3.8) is 0 Å². The van der Waals surface area contributed by atoms with Gasteiger partial charge in [-0.25, -0.2) is 9.69 Å². The second-order valence-electron chi connectivity index (χ2n) is 11.0. The third kappa shape index (κ3) is 7.29. The predicted molar refractivity (Wildman–Crippen MR) is 167 cm³/mol. The summed E-state index contributed by atoms with van der Waals surface area (Å²) in [6.45, 7) is 0.00460. The Morgan fingerprint density at radius 2 is 1.74 bits per heavy atom. The zero-order valence-electron chi connectivity index (χ0n) is 25.0. The van der Waals surface area contributed by atoms with E-state index in [9.17, 15) is 19.5 Å². The van der Waals surface area contributed by atoms with Crippen LogP contribution in [0.15, 0.2) is 90.3 Å². The Hall–Kier alpha value is -4.56. The number of carbonyl (C=O) groups is 3. The molecule has 2 N–H and O–H groups in total. The van der Waals surface area contributed by atoms with E-state index in [0.717, 1.165) is 26.7 Å². The van der Waals surface area contributed by atoms with E-state index in [1.807, 2.05) is 66.2 Å². The number of alkyl carbamates (subject to hydrolysis) is 1. The molecule has 0 bridgehead atoms. The maximum absolute atomic E-state index is 13.2. The molecule has 2 fully saturated rings. The van der Waals surface area contributed by atoms with Crippen LogP contribution in [0.25, 0.3) is 0 Å². The number of rotatable bonds is 10. The third-order valence-corrected chi connectivity index (χ3v) is 8.92. The molecule has 0 radical (unpaired) electrons. The van der Waals surface area contributed by atoms with Crippen molar-refractivity contribution < 1.29 is 33.7 Å². The SMILES string of the molecule is Cn1cnnc1SC[C@H]1C[C@@H](c2ccc(CO)cc2)O[C@@H](c2ccc(N3C(=O)CC(NC(=O)OCc4ccccc4)C3=O)cc2)O1. The monoisotopic (exact) mass is 643 g/mol. The van der Waals surface area contributed by atoms with Crippen LogP contribution in [0.2, 0.25) is 0 Å². The van der Waals surface area contributed by atoms with Gasteiger partial charge in [-0.3, -0.25) is 9.59 Å². The number of imide groups is 1. The van der Waals surface area contributed by atoms with Gasteiger partial charge < -0.3 is 29.2 Å². The molecule has 1 aromatic heterocycles. The van der Waals surface area contributed by atoms with E-state index in [1.165, 1.54) is 0 Å². The lowest BCUT2D eigenvalue weighted by molar-refractivity contribution is -0.245. The highest BCUT2D eigenvalue weighted by Crippen LogP contribution is 2.40. The van der Waals surface area contributed by atoms with Gasteiger partial charge in [0.15, 0.2) is 11.4 Å². The number of ether oxygens (including phenoxy) is 3. The molecule has 12 nitrogen and oxygen atoms in total. The van der Waals surface area contributed by atoms with Crippen LogP contribution in [0.3, 0.4) is 0 Å². The quantitative estimate of drug-likeness (QED) is 0.191. The number of aryl methyl sites for hydroxylation is 1. The minimum atomic E-state index is -1.02. The Morgan fingerprint density at radius 1 is 1.00 bits per heavy atom. The number of hydrogen-bond acceptors (Lipinski definition) is 10. The Morgan fingerprint density at radius 3 is 2.43 bits per heavy atom. The molecule has 46 heavy (non-hydrogen) atoms. The molecular formula is C33H33N5O7S. The number of anilines is 1. The molecule has 3 aromatic carbocycles. The predicted octanol–water partition coefficient (Wildman–Crippen LogP) is 4.20. The lowest BCUT2D eigenvalue weighted by Crippen LogP contribution is -2.42. The molecule has 238 valence electrons. The Balaban J connectivity index is 1.12. The number of hydrogen-bond donors (Lipinski definition) is 2. The summed E-state index contributed by atoms with van der Waals surface area (Å²) in [4.78, 5) is 39.4. The average molecular weight is 644 g/mol. The van der Waals surface area contributed by atoms with Crippen molar-refractivity contribution in [2.75, 3.05) is 10.7 Å². The van der Waals surface area contributed by atoms with Gasteiger partial charge in [0.05, 0.1) is 30.9 Å². The summed E-state index contributed by atoms with van der Waals surface area (Å²) in [5.74, 6) is -0.343.